The minimum Gasteiger partial charge on any atom is -0.393 e. The van der Waals surface area contributed by atoms with E-state index in [1.165, 1.54) is 11.1 Å². The first kappa shape index (κ1) is 19.6. The average Bonchev–Trinajstić information content (AvgIpc) is 2.65. The van der Waals surface area contributed by atoms with Crippen LogP contribution in [0.15, 0.2) is 60.7 Å². The Bertz CT molecular complexity index is 556. The van der Waals surface area contributed by atoms with Crippen LogP contribution < -0.4 is 0 Å². The minimum atomic E-state index is -0.294. The Morgan fingerprint density at radius 3 is 2.04 bits per heavy atom. The van der Waals surface area contributed by atoms with Gasteiger partial charge in [-0.3, -0.25) is 0 Å². The van der Waals surface area contributed by atoms with Gasteiger partial charge >= 0.3 is 0 Å². The third kappa shape index (κ3) is 8.82. The summed E-state index contributed by atoms with van der Waals surface area (Å²) in [6, 6.07) is 20.3. The predicted octanol–water partition coefficient (Wildman–Crippen LogP) is 4.73. The van der Waals surface area contributed by atoms with Gasteiger partial charge in [-0.05, 0) is 43.7 Å². The van der Waals surface area contributed by atoms with E-state index in [2.05, 4.69) is 19.1 Å². The van der Waals surface area contributed by atoms with Crippen LogP contribution in [0.4, 0.5) is 0 Å². The maximum Gasteiger partial charge on any atom is 0.0720 e. The van der Waals surface area contributed by atoms with Crippen LogP contribution in [-0.2, 0) is 22.7 Å². The van der Waals surface area contributed by atoms with Crippen LogP contribution in [0, 0.1) is 0 Å². The topological polar surface area (TPSA) is 38.7 Å². The molecular weight excluding hydrogens is 312 g/mol. The number of aliphatic hydroxyl groups excluding tert-OH is 1. The van der Waals surface area contributed by atoms with Gasteiger partial charge in [0, 0.05) is 6.61 Å². The molecule has 2 aromatic rings. The van der Waals surface area contributed by atoms with Crippen molar-refractivity contribution in [2.75, 3.05) is 6.61 Å². The molecule has 1 N–H and O–H groups in total. The highest BCUT2D eigenvalue weighted by Gasteiger charge is 2.07. The molecule has 0 amide bonds. The summed E-state index contributed by atoms with van der Waals surface area (Å²) < 4.78 is 11.5. The number of hydrogen-bond donors (Lipinski definition) is 1. The van der Waals surface area contributed by atoms with Crippen molar-refractivity contribution in [3.63, 3.8) is 0 Å². The molecule has 0 aliphatic carbocycles. The summed E-state index contributed by atoms with van der Waals surface area (Å²) in [6.07, 6.45) is 3.34. The SMILES string of the molecule is C[C@H](CCCC(O)CCOCc1ccccc1)OCc1ccccc1. The smallest absolute Gasteiger partial charge is 0.0720 e. The van der Waals surface area contributed by atoms with E-state index in [9.17, 15) is 5.11 Å². The molecule has 2 rings (SSSR count). The molecule has 1 unspecified atom stereocenters. The number of rotatable bonds is 12. The monoisotopic (exact) mass is 342 g/mol. The second-order valence-electron chi connectivity index (χ2n) is 6.52. The van der Waals surface area contributed by atoms with E-state index in [1.807, 2.05) is 48.5 Å². The van der Waals surface area contributed by atoms with Gasteiger partial charge in [0.1, 0.15) is 0 Å². The Kier molecular flexibility index (Phi) is 9.27. The molecule has 25 heavy (non-hydrogen) atoms. The Morgan fingerprint density at radius 2 is 1.40 bits per heavy atom. The van der Waals surface area contributed by atoms with Gasteiger partial charge in [0.25, 0.3) is 0 Å². The molecule has 0 saturated carbocycles. The van der Waals surface area contributed by atoms with Crippen LogP contribution in [0.2, 0.25) is 0 Å². The zero-order valence-corrected chi connectivity index (χ0v) is 15.1. The van der Waals surface area contributed by atoms with Crippen LogP contribution in [0.5, 0.6) is 0 Å². The Balaban J connectivity index is 1.48. The van der Waals surface area contributed by atoms with Crippen molar-refractivity contribution in [1.29, 1.82) is 0 Å². The van der Waals surface area contributed by atoms with E-state index in [0.717, 1.165) is 19.3 Å². The van der Waals surface area contributed by atoms with Crippen molar-refractivity contribution in [1.82, 2.24) is 0 Å². The second kappa shape index (κ2) is 11.8. The molecule has 0 aliphatic heterocycles. The zero-order valence-electron chi connectivity index (χ0n) is 15.1. The van der Waals surface area contributed by atoms with Crippen LogP contribution in [0.3, 0.4) is 0 Å². The van der Waals surface area contributed by atoms with Crippen molar-refractivity contribution in [3.05, 3.63) is 71.8 Å². The Hall–Kier alpha value is -1.68. The largest absolute Gasteiger partial charge is 0.393 e. The molecule has 0 radical (unpaired) electrons. The summed E-state index contributed by atoms with van der Waals surface area (Å²) in [5.74, 6) is 0. The van der Waals surface area contributed by atoms with E-state index in [1.54, 1.807) is 0 Å². The van der Waals surface area contributed by atoms with Gasteiger partial charge < -0.3 is 14.6 Å². The fourth-order valence-electron chi connectivity index (χ4n) is 2.66. The summed E-state index contributed by atoms with van der Waals surface area (Å²) in [7, 11) is 0. The second-order valence-corrected chi connectivity index (χ2v) is 6.52. The lowest BCUT2D eigenvalue weighted by Gasteiger charge is -2.15. The number of benzene rings is 2. The van der Waals surface area contributed by atoms with Crippen molar-refractivity contribution in [3.8, 4) is 0 Å². The molecule has 136 valence electrons. The number of ether oxygens (including phenoxy) is 2. The first-order chi connectivity index (χ1) is 12.2. The highest BCUT2D eigenvalue weighted by Crippen LogP contribution is 2.11. The van der Waals surface area contributed by atoms with Gasteiger partial charge in [0.05, 0.1) is 25.4 Å². The van der Waals surface area contributed by atoms with Crippen LogP contribution in [-0.4, -0.2) is 23.9 Å². The molecule has 2 aromatic carbocycles. The van der Waals surface area contributed by atoms with E-state index >= 15 is 0 Å². The van der Waals surface area contributed by atoms with E-state index < -0.39 is 0 Å². The first-order valence-electron chi connectivity index (χ1n) is 9.19. The third-order valence-corrected chi connectivity index (χ3v) is 4.23. The summed E-state index contributed by atoms with van der Waals surface area (Å²) in [4.78, 5) is 0. The van der Waals surface area contributed by atoms with Gasteiger partial charge in [-0.1, -0.05) is 60.7 Å². The lowest BCUT2D eigenvalue weighted by atomic mass is 10.1. The Morgan fingerprint density at radius 1 is 0.800 bits per heavy atom. The fraction of sp³-hybridized carbons (Fsp3) is 0.455. The third-order valence-electron chi connectivity index (χ3n) is 4.23. The molecule has 3 nitrogen and oxygen atoms in total. The maximum absolute atomic E-state index is 10.0. The molecule has 0 fully saturated rings. The molecule has 0 aromatic heterocycles. The van der Waals surface area contributed by atoms with Gasteiger partial charge in [0.15, 0.2) is 0 Å². The summed E-state index contributed by atoms with van der Waals surface area (Å²) >= 11 is 0. The quantitative estimate of drug-likeness (QED) is 0.567. The summed E-state index contributed by atoms with van der Waals surface area (Å²) in [5, 5.41) is 10.0. The lowest BCUT2D eigenvalue weighted by Crippen LogP contribution is -2.13. The van der Waals surface area contributed by atoms with Crippen LogP contribution in [0.25, 0.3) is 0 Å². The molecular formula is C22H30O3. The van der Waals surface area contributed by atoms with Crippen molar-refractivity contribution >= 4 is 0 Å². The highest BCUT2D eigenvalue weighted by atomic mass is 16.5. The number of aliphatic hydroxyl groups is 1. The Labute approximate surface area is 151 Å². The zero-order chi connectivity index (χ0) is 17.7. The summed E-state index contributed by atoms with van der Waals surface area (Å²) in [6.45, 7) is 3.95. The standard InChI is InChI=1S/C22H30O3/c1-19(25-18-21-12-6-3-7-13-21)9-8-14-22(23)15-16-24-17-20-10-4-2-5-11-20/h2-7,10-13,19,22-23H,8-9,14-18H2,1H3/t19-,22?/m1/s1. The van der Waals surface area contributed by atoms with Crippen molar-refractivity contribution in [2.24, 2.45) is 0 Å². The van der Waals surface area contributed by atoms with Crippen LogP contribution in [0.1, 0.15) is 43.7 Å². The molecule has 3 heteroatoms. The molecule has 2 atom stereocenters. The molecule has 0 spiro atoms. The summed E-state index contributed by atoms with van der Waals surface area (Å²) in [5.41, 5.74) is 2.37. The van der Waals surface area contributed by atoms with Crippen LogP contribution >= 0.6 is 0 Å². The van der Waals surface area contributed by atoms with Crippen molar-refractivity contribution < 1.29 is 14.6 Å². The number of hydrogen-bond acceptors (Lipinski definition) is 3. The first-order valence-corrected chi connectivity index (χ1v) is 9.19. The average molecular weight is 342 g/mol. The van der Waals surface area contributed by atoms with Gasteiger partial charge in [-0.25, -0.2) is 0 Å². The maximum atomic E-state index is 10.0. The molecule has 0 bridgehead atoms. The fourth-order valence-corrected chi connectivity index (χ4v) is 2.66. The lowest BCUT2D eigenvalue weighted by molar-refractivity contribution is 0.0390. The van der Waals surface area contributed by atoms with Gasteiger partial charge in [-0.15, -0.1) is 0 Å². The van der Waals surface area contributed by atoms with Gasteiger partial charge in [0.2, 0.25) is 0 Å². The molecule has 0 aliphatic rings. The molecule has 0 saturated heterocycles. The predicted molar refractivity (Wildman–Crippen MR) is 101 cm³/mol. The van der Waals surface area contributed by atoms with Gasteiger partial charge in [-0.2, -0.15) is 0 Å². The van der Waals surface area contributed by atoms with E-state index in [0.29, 0.717) is 26.2 Å². The normalized spacial score (nSPS) is 13.5. The van der Waals surface area contributed by atoms with E-state index in [-0.39, 0.29) is 12.2 Å². The minimum absolute atomic E-state index is 0.210. The van der Waals surface area contributed by atoms with Crippen molar-refractivity contribution in [2.45, 2.75) is 58.0 Å². The van der Waals surface area contributed by atoms with E-state index in [4.69, 9.17) is 9.47 Å². The highest BCUT2D eigenvalue weighted by molar-refractivity contribution is 5.14. The molecule has 0 heterocycles.